The van der Waals surface area contributed by atoms with Crippen LogP contribution in [-0.2, 0) is 0 Å². The Labute approximate surface area is 152 Å². The van der Waals surface area contributed by atoms with E-state index in [1.54, 1.807) is 18.3 Å². The zero-order valence-corrected chi connectivity index (χ0v) is 15.1. The second-order valence-electron chi connectivity index (χ2n) is 5.09. The van der Waals surface area contributed by atoms with Gasteiger partial charge < -0.3 is 4.90 Å². The summed E-state index contributed by atoms with van der Waals surface area (Å²) in [6.07, 6.45) is 1.60. The molecule has 2 rings (SSSR count). The third kappa shape index (κ3) is 4.73. The molecule has 126 valence electrons. The van der Waals surface area contributed by atoms with Crippen LogP contribution in [0, 0.1) is 0 Å². The van der Waals surface area contributed by atoms with Crippen LogP contribution in [0.2, 0.25) is 10.0 Å². The van der Waals surface area contributed by atoms with Crippen molar-refractivity contribution in [1.29, 1.82) is 0 Å². The Morgan fingerprint density at radius 3 is 2.33 bits per heavy atom. The summed E-state index contributed by atoms with van der Waals surface area (Å²) in [4.78, 5) is 14.2. The highest BCUT2D eigenvalue weighted by atomic mass is 35.5. The van der Waals surface area contributed by atoms with Crippen molar-refractivity contribution in [2.75, 3.05) is 18.0 Å². The van der Waals surface area contributed by atoms with Crippen LogP contribution in [0.5, 0.6) is 0 Å². The van der Waals surface area contributed by atoms with E-state index in [1.807, 2.05) is 24.3 Å². The topological polar surface area (TPSA) is 44.7 Å². The summed E-state index contributed by atoms with van der Waals surface area (Å²) in [5.74, 6) is -0.343. The Hall–Kier alpha value is -2.04. The number of anilines is 1. The molecule has 1 amide bonds. The molecular weight excluding hydrogens is 345 g/mol. The molecule has 0 saturated carbocycles. The van der Waals surface area contributed by atoms with Crippen molar-refractivity contribution in [1.82, 2.24) is 5.43 Å². The van der Waals surface area contributed by atoms with E-state index >= 15 is 0 Å². The highest BCUT2D eigenvalue weighted by Gasteiger charge is 2.07. The molecule has 0 unspecified atom stereocenters. The van der Waals surface area contributed by atoms with Gasteiger partial charge in [-0.1, -0.05) is 35.3 Å². The number of rotatable bonds is 6. The van der Waals surface area contributed by atoms with Gasteiger partial charge >= 0.3 is 0 Å². The summed E-state index contributed by atoms with van der Waals surface area (Å²) < 4.78 is 0. The van der Waals surface area contributed by atoms with Gasteiger partial charge in [-0.2, -0.15) is 5.10 Å². The molecule has 24 heavy (non-hydrogen) atoms. The maximum absolute atomic E-state index is 12.0. The molecule has 0 aromatic heterocycles. The molecule has 0 fully saturated rings. The Morgan fingerprint density at radius 1 is 1.08 bits per heavy atom. The van der Waals surface area contributed by atoms with Gasteiger partial charge in [-0.15, -0.1) is 0 Å². The third-order valence-electron chi connectivity index (χ3n) is 3.58. The van der Waals surface area contributed by atoms with Gasteiger partial charge in [0.05, 0.1) is 16.3 Å². The van der Waals surface area contributed by atoms with Crippen molar-refractivity contribution in [2.45, 2.75) is 13.8 Å². The average molecular weight is 364 g/mol. The van der Waals surface area contributed by atoms with Crippen LogP contribution in [-0.4, -0.2) is 25.2 Å². The summed E-state index contributed by atoms with van der Waals surface area (Å²) in [5, 5.41) is 4.71. The number of nitrogens with zero attached hydrogens (tertiary/aromatic N) is 2. The minimum Gasteiger partial charge on any atom is -0.372 e. The molecule has 0 heterocycles. The molecule has 0 aliphatic rings. The molecule has 0 aliphatic carbocycles. The van der Waals surface area contributed by atoms with Crippen LogP contribution in [0.25, 0.3) is 0 Å². The van der Waals surface area contributed by atoms with Crippen molar-refractivity contribution in [3.05, 3.63) is 63.6 Å². The van der Waals surface area contributed by atoms with Crippen LogP contribution < -0.4 is 10.3 Å². The first-order chi connectivity index (χ1) is 11.5. The van der Waals surface area contributed by atoms with Crippen molar-refractivity contribution >= 4 is 41.0 Å². The first kappa shape index (κ1) is 18.3. The quantitative estimate of drug-likeness (QED) is 0.601. The van der Waals surface area contributed by atoms with Crippen LogP contribution >= 0.6 is 23.2 Å². The highest BCUT2D eigenvalue weighted by molar-refractivity contribution is 6.42. The number of amides is 1. The minimum absolute atomic E-state index is 0.334. The molecule has 0 radical (unpaired) electrons. The lowest BCUT2D eigenvalue weighted by molar-refractivity contribution is 0.0955. The molecule has 0 spiro atoms. The van der Waals surface area contributed by atoms with Gasteiger partial charge in [-0.3, -0.25) is 4.79 Å². The zero-order chi connectivity index (χ0) is 17.5. The number of hydrazone groups is 1. The Morgan fingerprint density at radius 2 is 1.75 bits per heavy atom. The number of nitrogens with one attached hydrogen (secondary N) is 1. The van der Waals surface area contributed by atoms with E-state index in [0.29, 0.717) is 15.6 Å². The lowest BCUT2D eigenvalue weighted by atomic mass is 10.2. The SMILES string of the molecule is CCN(CC)c1ccc(/C=N/NC(=O)c2ccc(Cl)c(Cl)c2)cc1. The van der Waals surface area contributed by atoms with E-state index < -0.39 is 0 Å². The molecule has 0 bridgehead atoms. The number of hydrogen-bond acceptors (Lipinski definition) is 3. The molecule has 1 N–H and O–H groups in total. The maximum Gasteiger partial charge on any atom is 0.271 e. The van der Waals surface area contributed by atoms with Crippen LogP contribution in [0.3, 0.4) is 0 Å². The van der Waals surface area contributed by atoms with Crippen molar-refractivity contribution in [3.63, 3.8) is 0 Å². The largest absolute Gasteiger partial charge is 0.372 e. The summed E-state index contributed by atoms with van der Waals surface area (Å²) in [6, 6.07) is 12.7. The number of hydrogen-bond donors (Lipinski definition) is 1. The van der Waals surface area contributed by atoms with Crippen molar-refractivity contribution < 1.29 is 4.79 Å². The van der Waals surface area contributed by atoms with Crippen molar-refractivity contribution in [3.8, 4) is 0 Å². The summed E-state index contributed by atoms with van der Waals surface area (Å²) in [5.41, 5.74) is 4.94. The Kier molecular flexibility index (Phi) is 6.64. The van der Waals surface area contributed by atoms with Gasteiger partial charge in [-0.25, -0.2) is 5.43 Å². The zero-order valence-electron chi connectivity index (χ0n) is 13.6. The smallest absolute Gasteiger partial charge is 0.271 e. The molecule has 4 nitrogen and oxygen atoms in total. The minimum atomic E-state index is -0.343. The van der Waals surface area contributed by atoms with E-state index in [0.717, 1.165) is 24.3 Å². The standard InChI is InChI=1S/C18H19Cl2N3O/c1-3-23(4-2)15-8-5-13(6-9-15)12-21-22-18(24)14-7-10-16(19)17(20)11-14/h5-12H,3-4H2,1-2H3,(H,22,24)/b21-12+. The van der Waals surface area contributed by atoms with E-state index in [2.05, 4.69) is 29.3 Å². The molecule has 0 aliphatic heterocycles. The van der Waals surface area contributed by atoms with E-state index in [9.17, 15) is 4.79 Å². The lowest BCUT2D eigenvalue weighted by Gasteiger charge is -2.20. The van der Waals surface area contributed by atoms with Gasteiger partial charge in [0.25, 0.3) is 5.91 Å². The molecule has 6 heteroatoms. The first-order valence-electron chi connectivity index (χ1n) is 7.68. The predicted molar refractivity (Wildman–Crippen MR) is 102 cm³/mol. The highest BCUT2D eigenvalue weighted by Crippen LogP contribution is 2.22. The third-order valence-corrected chi connectivity index (χ3v) is 4.32. The van der Waals surface area contributed by atoms with Gasteiger partial charge in [-0.05, 0) is 49.7 Å². The number of carbonyl (C=O) groups is 1. The molecular formula is C18H19Cl2N3O. The Bertz CT molecular complexity index is 726. The van der Waals surface area contributed by atoms with Gasteiger partial charge in [0.2, 0.25) is 0 Å². The van der Waals surface area contributed by atoms with E-state index in [4.69, 9.17) is 23.2 Å². The summed E-state index contributed by atoms with van der Waals surface area (Å²) in [6.45, 7) is 6.17. The summed E-state index contributed by atoms with van der Waals surface area (Å²) in [7, 11) is 0. The van der Waals surface area contributed by atoms with Crippen LogP contribution in [0.15, 0.2) is 47.6 Å². The first-order valence-corrected chi connectivity index (χ1v) is 8.44. The normalized spacial score (nSPS) is 10.8. The van der Waals surface area contributed by atoms with Gasteiger partial charge in [0.15, 0.2) is 0 Å². The molecule has 2 aromatic carbocycles. The van der Waals surface area contributed by atoms with E-state index in [1.165, 1.54) is 6.07 Å². The number of halogens is 2. The van der Waals surface area contributed by atoms with Crippen LogP contribution in [0.4, 0.5) is 5.69 Å². The second kappa shape index (κ2) is 8.71. The second-order valence-corrected chi connectivity index (χ2v) is 5.91. The summed E-state index contributed by atoms with van der Waals surface area (Å²) >= 11 is 11.7. The fourth-order valence-electron chi connectivity index (χ4n) is 2.23. The maximum atomic E-state index is 12.0. The molecule has 0 atom stereocenters. The Balaban J connectivity index is 1.98. The van der Waals surface area contributed by atoms with Crippen LogP contribution in [0.1, 0.15) is 29.8 Å². The predicted octanol–water partition coefficient (Wildman–Crippen LogP) is 4.60. The molecule has 2 aromatic rings. The fraction of sp³-hybridized carbons (Fsp3) is 0.222. The number of benzene rings is 2. The van der Waals surface area contributed by atoms with Gasteiger partial charge in [0, 0.05) is 24.3 Å². The fourth-order valence-corrected chi connectivity index (χ4v) is 2.53. The van der Waals surface area contributed by atoms with Crippen molar-refractivity contribution in [2.24, 2.45) is 5.10 Å². The molecule has 0 saturated heterocycles. The average Bonchev–Trinajstić information content (AvgIpc) is 2.59. The lowest BCUT2D eigenvalue weighted by Crippen LogP contribution is -2.21. The monoisotopic (exact) mass is 363 g/mol. The van der Waals surface area contributed by atoms with Gasteiger partial charge in [0.1, 0.15) is 0 Å². The van der Waals surface area contributed by atoms with E-state index in [-0.39, 0.29) is 5.91 Å². The number of carbonyl (C=O) groups excluding carboxylic acids is 1.